The first kappa shape index (κ1) is 29.6. The predicted molar refractivity (Wildman–Crippen MR) is 165 cm³/mol. The third kappa shape index (κ3) is 5.50. The highest BCUT2D eigenvalue weighted by atomic mass is 16.5. The van der Waals surface area contributed by atoms with Crippen LogP contribution in [0.3, 0.4) is 0 Å². The van der Waals surface area contributed by atoms with Crippen LogP contribution in [0.25, 0.3) is 11.1 Å². The van der Waals surface area contributed by atoms with E-state index in [9.17, 15) is 20.4 Å². The molecule has 9 nitrogen and oxygen atoms in total. The summed E-state index contributed by atoms with van der Waals surface area (Å²) in [5, 5.41) is 46.9. The van der Waals surface area contributed by atoms with Crippen molar-refractivity contribution in [1.29, 1.82) is 0 Å². The van der Waals surface area contributed by atoms with Gasteiger partial charge in [-0.2, -0.15) is 0 Å². The molecule has 4 aromatic rings. The lowest BCUT2D eigenvalue weighted by atomic mass is 9.77. The second-order valence-electron chi connectivity index (χ2n) is 11.3. The Labute approximate surface area is 256 Å². The maximum absolute atomic E-state index is 11.8. The predicted octanol–water partition coefficient (Wildman–Crippen LogP) is 4.88. The van der Waals surface area contributed by atoms with Gasteiger partial charge in [0.2, 0.25) is 0 Å². The Morgan fingerprint density at radius 3 is 2.25 bits per heavy atom. The topological polar surface area (TPSA) is 130 Å². The zero-order valence-corrected chi connectivity index (χ0v) is 24.9. The minimum Gasteiger partial charge on any atom is -0.508 e. The normalized spacial score (nSPS) is 20.6. The fourth-order valence-electron chi connectivity index (χ4n) is 6.43. The van der Waals surface area contributed by atoms with Crippen molar-refractivity contribution in [3.05, 3.63) is 94.5 Å². The molecule has 230 valence electrons. The molecule has 0 spiro atoms. The van der Waals surface area contributed by atoms with Gasteiger partial charge in [0, 0.05) is 47.1 Å². The number of hydrogen-bond acceptors (Lipinski definition) is 9. The highest BCUT2D eigenvalue weighted by Gasteiger charge is 2.43. The number of fused-ring (bicyclic) bond motifs is 2. The van der Waals surface area contributed by atoms with E-state index in [0.717, 1.165) is 27.8 Å². The lowest BCUT2D eigenvalue weighted by Gasteiger charge is -2.40. The Morgan fingerprint density at radius 2 is 1.52 bits per heavy atom. The lowest BCUT2D eigenvalue weighted by molar-refractivity contribution is -0.0554. The highest BCUT2D eigenvalue weighted by Crippen LogP contribution is 2.49. The van der Waals surface area contributed by atoms with Gasteiger partial charge in [-0.1, -0.05) is 18.2 Å². The molecule has 4 aromatic carbocycles. The summed E-state index contributed by atoms with van der Waals surface area (Å²) in [6.07, 6.45) is -1.49. The van der Waals surface area contributed by atoms with Crippen molar-refractivity contribution in [1.82, 2.24) is 5.32 Å². The number of methoxy groups -OCH3 is 2. The van der Waals surface area contributed by atoms with E-state index < -0.39 is 24.0 Å². The van der Waals surface area contributed by atoms with Gasteiger partial charge in [0.05, 0.1) is 39.6 Å². The quantitative estimate of drug-likeness (QED) is 0.193. The Kier molecular flexibility index (Phi) is 8.27. The standard InChI is InChI=1S/C35H37NO8/c1-36-16-22-13-32-27(15-31(22)42-3)33(39)29(17-43-32)30-18-44-35-21(12-25(41-2)14-28(35)34(30)40)9-20-11-24(38)7-8-26(20)19-5-4-6-23(37)10-19/h4-8,10-15,29-30,33-34,36-40H,9,16-18H2,1-3H3/t29-,30+,33-,34+/m0/s1. The number of phenolic OH excluding ortho intramolecular Hbond substituents is 2. The van der Waals surface area contributed by atoms with Gasteiger partial charge in [0.25, 0.3) is 0 Å². The molecule has 0 aromatic heterocycles. The monoisotopic (exact) mass is 599 g/mol. The van der Waals surface area contributed by atoms with Gasteiger partial charge in [-0.05, 0) is 72.3 Å². The van der Waals surface area contributed by atoms with E-state index in [4.69, 9.17) is 18.9 Å². The SMILES string of the molecule is CNCc1cc2c(cc1OC)[C@H](O)[C@H]([C@H]1COc3c(Cc4cc(O)ccc4-c4cccc(O)c4)cc(OC)cc3[C@H]1O)CO2. The van der Waals surface area contributed by atoms with Crippen molar-refractivity contribution in [3.8, 4) is 45.6 Å². The van der Waals surface area contributed by atoms with Gasteiger partial charge in [0.1, 0.15) is 34.5 Å². The smallest absolute Gasteiger partial charge is 0.128 e. The molecular weight excluding hydrogens is 562 g/mol. The first-order chi connectivity index (χ1) is 21.3. The van der Waals surface area contributed by atoms with Crippen LogP contribution in [-0.4, -0.2) is 54.9 Å². The number of aromatic hydroxyl groups is 2. The summed E-state index contributed by atoms with van der Waals surface area (Å²) >= 11 is 0. The van der Waals surface area contributed by atoms with E-state index in [1.54, 1.807) is 50.6 Å². The molecule has 2 aliphatic rings. The van der Waals surface area contributed by atoms with Gasteiger partial charge < -0.3 is 44.7 Å². The number of nitrogens with one attached hydrogen (secondary N) is 1. The number of ether oxygens (including phenoxy) is 4. The van der Waals surface area contributed by atoms with E-state index in [-0.39, 0.29) is 24.7 Å². The minimum absolute atomic E-state index is 0.114. The summed E-state index contributed by atoms with van der Waals surface area (Å²) in [7, 11) is 5.01. The average Bonchev–Trinajstić information content (AvgIpc) is 3.02. The van der Waals surface area contributed by atoms with Crippen molar-refractivity contribution in [2.75, 3.05) is 34.5 Å². The number of aliphatic hydroxyl groups is 2. The van der Waals surface area contributed by atoms with Gasteiger partial charge in [-0.15, -0.1) is 0 Å². The molecule has 9 heteroatoms. The molecule has 0 aliphatic carbocycles. The highest BCUT2D eigenvalue weighted by molar-refractivity contribution is 5.70. The zero-order chi connectivity index (χ0) is 31.0. The largest absolute Gasteiger partial charge is 0.508 e. The van der Waals surface area contributed by atoms with Crippen LogP contribution in [0.15, 0.2) is 66.7 Å². The minimum atomic E-state index is -0.961. The molecule has 5 N–H and O–H groups in total. The van der Waals surface area contributed by atoms with Crippen LogP contribution in [-0.2, 0) is 13.0 Å². The molecular formula is C35H37NO8. The fraction of sp³-hybridized carbons (Fsp3) is 0.314. The number of rotatable bonds is 8. The fourth-order valence-corrected chi connectivity index (χ4v) is 6.43. The van der Waals surface area contributed by atoms with Crippen LogP contribution < -0.4 is 24.3 Å². The lowest BCUT2D eigenvalue weighted by Crippen LogP contribution is -2.40. The van der Waals surface area contributed by atoms with Crippen molar-refractivity contribution in [2.24, 2.45) is 11.8 Å². The van der Waals surface area contributed by atoms with E-state index in [2.05, 4.69) is 5.32 Å². The van der Waals surface area contributed by atoms with Crippen molar-refractivity contribution >= 4 is 0 Å². The maximum atomic E-state index is 11.8. The Hall–Kier alpha value is -4.44. The molecule has 44 heavy (non-hydrogen) atoms. The molecule has 0 radical (unpaired) electrons. The molecule has 4 atom stereocenters. The summed E-state index contributed by atoms with van der Waals surface area (Å²) < 4.78 is 23.7. The van der Waals surface area contributed by atoms with Crippen molar-refractivity contribution < 1.29 is 39.4 Å². The zero-order valence-electron chi connectivity index (χ0n) is 24.9. The van der Waals surface area contributed by atoms with Crippen LogP contribution in [0.2, 0.25) is 0 Å². The molecule has 0 amide bonds. The Balaban J connectivity index is 1.33. The summed E-state index contributed by atoms with van der Waals surface area (Å²) in [6.45, 7) is 0.975. The third-order valence-corrected chi connectivity index (χ3v) is 8.66. The van der Waals surface area contributed by atoms with E-state index in [1.807, 2.05) is 37.4 Å². The Morgan fingerprint density at radius 1 is 0.773 bits per heavy atom. The Bertz CT molecular complexity index is 1670. The molecule has 2 heterocycles. The molecule has 0 saturated heterocycles. The molecule has 6 rings (SSSR count). The first-order valence-corrected chi connectivity index (χ1v) is 14.6. The van der Waals surface area contributed by atoms with Gasteiger partial charge in [-0.25, -0.2) is 0 Å². The van der Waals surface area contributed by atoms with E-state index in [0.29, 0.717) is 47.1 Å². The van der Waals surface area contributed by atoms with Crippen LogP contribution in [0.4, 0.5) is 0 Å². The van der Waals surface area contributed by atoms with Crippen LogP contribution in [0.1, 0.15) is 40.0 Å². The van der Waals surface area contributed by atoms with E-state index >= 15 is 0 Å². The first-order valence-electron chi connectivity index (χ1n) is 14.6. The maximum Gasteiger partial charge on any atom is 0.128 e. The summed E-state index contributed by atoms with van der Waals surface area (Å²) in [5.41, 5.74) is 5.34. The number of benzene rings is 4. The van der Waals surface area contributed by atoms with Crippen molar-refractivity contribution in [2.45, 2.75) is 25.2 Å². The van der Waals surface area contributed by atoms with Crippen molar-refractivity contribution in [3.63, 3.8) is 0 Å². The summed E-state index contributed by atoms with van der Waals surface area (Å²) in [4.78, 5) is 0. The van der Waals surface area contributed by atoms with Gasteiger partial charge in [-0.3, -0.25) is 0 Å². The number of aliphatic hydroxyl groups excluding tert-OH is 2. The number of hydrogen-bond donors (Lipinski definition) is 5. The summed E-state index contributed by atoms with van der Waals surface area (Å²) in [5.74, 6) is 1.70. The molecule has 0 saturated carbocycles. The van der Waals surface area contributed by atoms with Crippen LogP contribution in [0.5, 0.6) is 34.5 Å². The average molecular weight is 600 g/mol. The number of phenols is 2. The van der Waals surface area contributed by atoms with Crippen LogP contribution in [0, 0.1) is 11.8 Å². The molecule has 0 fully saturated rings. The molecule has 2 aliphatic heterocycles. The molecule has 0 unspecified atom stereocenters. The van der Waals surface area contributed by atoms with Crippen LogP contribution >= 0.6 is 0 Å². The third-order valence-electron chi connectivity index (χ3n) is 8.66. The summed E-state index contributed by atoms with van der Waals surface area (Å²) in [6, 6.07) is 19.4. The van der Waals surface area contributed by atoms with Gasteiger partial charge >= 0.3 is 0 Å². The van der Waals surface area contributed by atoms with Gasteiger partial charge in [0.15, 0.2) is 0 Å². The molecule has 0 bridgehead atoms. The second kappa shape index (κ2) is 12.3. The van der Waals surface area contributed by atoms with E-state index in [1.165, 1.54) is 0 Å². The second-order valence-corrected chi connectivity index (χ2v) is 11.3.